The average Bonchev–Trinajstić information content (AvgIpc) is 3.27. The van der Waals surface area contributed by atoms with E-state index in [1.807, 2.05) is 13.0 Å². The van der Waals surface area contributed by atoms with Crippen molar-refractivity contribution >= 4 is 33.4 Å². The minimum Gasteiger partial charge on any atom is -0.494 e. The number of ether oxygens (including phenoxy) is 1. The fourth-order valence-electron chi connectivity index (χ4n) is 3.39. The molecule has 0 saturated carbocycles. The van der Waals surface area contributed by atoms with E-state index in [4.69, 9.17) is 16.3 Å². The number of hydrogen-bond acceptors (Lipinski definition) is 8. The van der Waals surface area contributed by atoms with Crippen LogP contribution >= 0.6 is 22.9 Å². The quantitative estimate of drug-likeness (QED) is 0.268. The highest BCUT2D eigenvalue weighted by atomic mass is 35.5. The molecule has 0 aromatic carbocycles. The van der Waals surface area contributed by atoms with Crippen molar-refractivity contribution in [2.75, 3.05) is 7.11 Å². The normalized spacial score (nSPS) is 11.4. The molecule has 7 nitrogen and oxygen atoms in total. The molecule has 11 heteroatoms. The molecule has 0 radical (unpaired) electrons. The number of pyridine rings is 3. The first kappa shape index (κ1) is 22.2. The number of fused-ring (bicyclic) bond motifs is 1. The summed E-state index contributed by atoms with van der Waals surface area (Å²) < 4.78 is 31.1. The van der Waals surface area contributed by atoms with Gasteiger partial charge in [0.15, 0.2) is 10.5 Å². The van der Waals surface area contributed by atoms with Crippen LogP contribution in [0.15, 0.2) is 49.1 Å². The van der Waals surface area contributed by atoms with Crippen molar-refractivity contribution < 1.29 is 13.5 Å². The maximum absolute atomic E-state index is 12.8. The van der Waals surface area contributed by atoms with Crippen molar-refractivity contribution in [3.05, 3.63) is 65.5 Å². The molecule has 0 bridgehead atoms. The molecule has 0 unspecified atom stereocenters. The Morgan fingerprint density at radius 1 is 0.882 bits per heavy atom. The van der Waals surface area contributed by atoms with E-state index >= 15 is 0 Å². The third-order valence-electron chi connectivity index (χ3n) is 5.04. The predicted molar refractivity (Wildman–Crippen MR) is 126 cm³/mol. The van der Waals surface area contributed by atoms with Gasteiger partial charge >= 0.3 is 0 Å². The Morgan fingerprint density at radius 3 is 2.47 bits per heavy atom. The first-order valence-electron chi connectivity index (χ1n) is 9.98. The van der Waals surface area contributed by atoms with Gasteiger partial charge in [0.2, 0.25) is 0 Å². The lowest BCUT2D eigenvalue weighted by molar-refractivity contribution is 0.151. The SMILES string of the molecule is COc1cnc(Cl)cc1-c1cc(C)ncc1-c1nc2ncc(-c3ccc(C(F)F)cn3)nc2s1. The number of nitrogens with zero attached hydrogens (tertiary/aromatic N) is 6. The molecule has 0 N–H and O–H groups in total. The summed E-state index contributed by atoms with van der Waals surface area (Å²) in [6.07, 6.45) is 3.39. The number of aryl methyl sites for hydroxylation is 1. The van der Waals surface area contributed by atoms with Crippen molar-refractivity contribution in [1.82, 2.24) is 29.9 Å². The lowest BCUT2D eigenvalue weighted by Gasteiger charge is -2.12. The summed E-state index contributed by atoms with van der Waals surface area (Å²) in [5.74, 6) is 0.564. The summed E-state index contributed by atoms with van der Waals surface area (Å²) in [5, 5.41) is 0.990. The minimum atomic E-state index is -2.58. The Hall–Kier alpha value is -3.63. The van der Waals surface area contributed by atoms with E-state index in [9.17, 15) is 8.78 Å². The zero-order valence-electron chi connectivity index (χ0n) is 17.8. The summed E-state index contributed by atoms with van der Waals surface area (Å²) in [6.45, 7) is 1.89. The molecule has 5 heterocycles. The molecule has 34 heavy (non-hydrogen) atoms. The van der Waals surface area contributed by atoms with Gasteiger partial charge in [-0.25, -0.2) is 28.7 Å². The molecular formula is C23H15ClF2N6OS. The maximum Gasteiger partial charge on any atom is 0.265 e. The lowest BCUT2D eigenvalue weighted by atomic mass is 10.0. The first-order chi connectivity index (χ1) is 16.4. The van der Waals surface area contributed by atoms with Gasteiger partial charge in [0.05, 0.1) is 25.2 Å². The van der Waals surface area contributed by atoms with Gasteiger partial charge in [-0.2, -0.15) is 0 Å². The molecule has 170 valence electrons. The maximum atomic E-state index is 12.8. The van der Waals surface area contributed by atoms with Crippen molar-refractivity contribution in [2.45, 2.75) is 13.3 Å². The summed E-state index contributed by atoms with van der Waals surface area (Å²) in [5.41, 5.74) is 4.38. The third kappa shape index (κ3) is 4.17. The van der Waals surface area contributed by atoms with Gasteiger partial charge in [-0.05, 0) is 36.8 Å². The fourth-order valence-corrected chi connectivity index (χ4v) is 4.47. The van der Waals surface area contributed by atoms with Crippen LogP contribution in [0, 0.1) is 6.92 Å². The van der Waals surface area contributed by atoms with Gasteiger partial charge in [-0.3, -0.25) is 9.97 Å². The zero-order chi connectivity index (χ0) is 23.8. The Morgan fingerprint density at radius 2 is 1.74 bits per heavy atom. The highest BCUT2D eigenvalue weighted by molar-refractivity contribution is 7.21. The van der Waals surface area contributed by atoms with Crippen LogP contribution in [0.3, 0.4) is 0 Å². The van der Waals surface area contributed by atoms with Crippen LogP contribution in [0.1, 0.15) is 17.7 Å². The second kappa shape index (κ2) is 8.96. The van der Waals surface area contributed by atoms with Crippen LogP contribution in [0.5, 0.6) is 5.75 Å². The molecule has 0 aliphatic heterocycles. The number of alkyl halides is 2. The van der Waals surface area contributed by atoms with E-state index in [1.165, 1.54) is 29.7 Å². The van der Waals surface area contributed by atoms with Crippen molar-refractivity contribution in [3.8, 4) is 38.8 Å². The van der Waals surface area contributed by atoms with Crippen LogP contribution in [0.4, 0.5) is 8.78 Å². The molecule has 0 atom stereocenters. The summed E-state index contributed by atoms with van der Waals surface area (Å²) >= 11 is 7.50. The minimum absolute atomic E-state index is 0.149. The standard InChI is InChI=1S/C23H15ClF2N6OS/c1-11-5-13(14-6-19(24)29-10-18(14)33-2)15(8-27-11)22-32-21-23(34-22)31-17(9-30-21)16-4-3-12(7-28-16)20(25)26/h3-10,20H,1-2H3. The summed E-state index contributed by atoms with van der Waals surface area (Å²) in [7, 11) is 1.57. The summed E-state index contributed by atoms with van der Waals surface area (Å²) in [4.78, 5) is 26.9. The highest BCUT2D eigenvalue weighted by Gasteiger charge is 2.18. The van der Waals surface area contributed by atoms with Crippen LogP contribution in [-0.4, -0.2) is 37.0 Å². The molecule has 0 aliphatic rings. The number of methoxy groups -OCH3 is 1. The van der Waals surface area contributed by atoms with Crippen LogP contribution in [0.25, 0.3) is 43.6 Å². The molecule has 0 spiro atoms. The van der Waals surface area contributed by atoms with Crippen molar-refractivity contribution in [3.63, 3.8) is 0 Å². The largest absolute Gasteiger partial charge is 0.494 e. The Balaban J connectivity index is 1.60. The van der Waals surface area contributed by atoms with Crippen molar-refractivity contribution in [1.29, 1.82) is 0 Å². The topological polar surface area (TPSA) is 86.6 Å². The van der Waals surface area contributed by atoms with Crippen LogP contribution in [-0.2, 0) is 0 Å². The van der Waals surface area contributed by atoms with Gasteiger partial charge in [0.25, 0.3) is 6.43 Å². The van der Waals surface area contributed by atoms with Crippen molar-refractivity contribution in [2.24, 2.45) is 0 Å². The Labute approximate surface area is 201 Å². The number of aromatic nitrogens is 6. The average molecular weight is 497 g/mol. The molecule has 5 aromatic heterocycles. The number of rotatable bonds is 5. The number of thiazole rings is 1. The van der Waals surface area contributed by atoms with E-state index in [0.29, 0.717) is 37.8 Å². The van der Waals surface area contributed by atoms with Gasteiger partial charge in [0.1, 0.15) is 21.6 Å². The smallest absolute Gasteiger partial charge is 0.265 e. The van der Waals surface area contributed by atoms with Crippen LogP contribution in [0.2, 0.25) is 5.15 Å². The predicted octanol–water partition coefficient (Wildman–Crippen LogP) is 6.18. The molecule has 5 rings (SSSR count). The van der Waals surface area contributed by atoms with Gasteiger partial charge in [0, 0.05) is 34.8 Å². The first-order valence-corrected chi connectivity index (χ1v) is 11.2. The van der Waals surface area contributed by atoms with Gasteiger partial charge in [-0.15, -0.1) is 0 Å². The third-order valence-corrected chi connectivity index (χ3v) is 6.22. The molecular weight excluding hydrogens is 482 g/mol. The molecule has 5 aromatic rings. The number of halogens is 3. The molecule has 0 amide bonds. The van der Waals surface area contributed by atoms with E-state index < -0.39 is 6.43 Å². The molecule has 0 aliphatic carbocycles. The monoisotopic (exact) mass is 496 g/mol. The zero-order valence-corrected chi connectivity index (χ0v) is 19.4. The number of hydrogen-bond donors (Lipinski definition) is 0. The van der Waals surface area contributed by atoms with Gasteiger partial charge in [-0.1, -0.05) is 22.9 Å². The lowest BCUT2D eigenvalue weighted by Crippen LogP contribution is -1.94. The summed E-state index contributed by atoms with van der Waals surface area (Å²) in [6, 6.07) is 6.49. The van der Waals surface area contributed by atoms with Gasteiger partial charge < -0.3 is 4.74 Å². The molecule has 0 saturated heterocycles. The highest BCUT2D eigenvalue weighted by Crippen LogP contribution is 2.40. The van der Waals surface area contributed by atoms with E-state index in [1.54, 1.807) is 25.6 Å². The van der Waals surface area contributed by atoms with E-state index in [0.717, 1.165) is 28.6 Å². The van der Waals surface area contributed by atoms with E-state index in [-0.39, 0.29) is 5.56 Å². The van der Waals surface area contributed by atoms with E-state index in [2.05, 4.69) is 29.9 Å². The molecule has 0 fully saturated rings. The Kier molecular flexibility index (Phi) is 5.84. The van der Waals surface area contributed by atoms with Crippen LogP contribution < -0.4 is 4.74 Å². The fraction of sp³-hybridized carbons (Fsp3) is 0.130. The Bertz CT molecular complexity index is 1510. The second-order valence-corrected chi connectivity index (χ2v) is 8.62. The second-order valence-electron chi connectivity index (χ2n) is 7.26.